The Balaban J connectivity index is 0.00000392. The average Bonchev–Trinajstić information content (AvgIpc) is 2.68. The summed E-state index contributed by atoms with van der Waals surface area (Å²) in [7, 11) is 3.43. The molecule has 2 rings (SSSR count). The first kappa shape index (κ1) is 25.0. The number of ether oxygens (including phenoxy) is 3. The molecular formula is C21H36IN3O3. The SMILES string of the molecule is CCNC(=NCc1cc(C)cc(OC)c1)N1CCC(OCCCOC)CC1.I. The van der Waals surface area contributed by atoms with Gasteiger partial charge in [-0.3, -0.25) is 0 Å². The van der Waals surface area contributed by atoms with Crippen LogP contribution in [0.25, 0.3) is 0 Å². The van der Waals surface area contributed by atoms with Crippen molar-refractivity contribution in [1.29, 1.82) is 0 Å². The van der Waals surface area contributed by atoms with Gasteiger partial charge in [0.2, 0.25) is 0 Å². The smallest absolute Gasteiger partial charge is 0.194 e. The molecule has 1 aromatic rings. The summed E-state index contributed by atoms with van der Waals surface area (Å²) < 4.78 is 16.4. The van der Waals surface area contributed by atoms with Crippen LogP contribution in [0.4, 0.5) is 0 Å². The molecule has 0 aliphatic carbocycles. The van der Waals surface area contributed by atoms with Crippen LogP contribution in [0.5, 0.6) is 5.75 Å². The van der Waals surface area contributed by atoms with Gasteiger partial charge in [-0.15, -0.1) is 24.0 Å². The first-order valence-electron chi connectivity index (χ1n) is 9.94. The number of aliphatic imine (C=N–C) groups is 1. The van der Waals surface area contributed by atoms with Crippen LogP contribution < -0.4 is 10.1 Å². The molecule has 0 atom stereocenters. The highest BCUT2D eigenvalue weighted by Crippen LogP contribution is 2.18. The molecule has 1 aromatic carbocycles. The first-order chi connectivity index (χ1) is 13.2. The normalized spacial score (nSPS) is 15.3. The summed E-state index contributed by atoms with van der Waals surface area (Å²) in [6.07, 6.45) is 3.38. The third kappa shape index (κ3) is 8.53. The predicted octanol–water partition coefficient (Wildman–Crippen LogP) is 3.60. The van der Waals surface area contributed by atoms with E-state index in [4.69, 9.17) is 19.2 Å². The highest BCUT2D eigenvalue weighted by atomic mass is 127. The number of hydrogen-bond acceptors (Lipinski definition) is 4. The van der Waals surface area contributed by atoms with Gasteiger partial charge in [-0.2, -0.15) is 0 Å². The minimum absolute atomic E-state index is 0. The number of piperidine rings is 1. The van der Waals surface area contributed by atoms with Gasteiger partial charge in [0.25, 0.3) is 0 Å². The minimum Gasteiger partial charge on any atom is -0.497 e. The van der Waals surface area contributed by atoms with E-state index in [1.165, 1.54) is 11.1 Å². The molecule has 1 fully saturated rings. The number of nitrogens with zero attached hydrogens (tertiary/aromatic N) is 2. The minimum atomic E-state index is 0. The Kier molecular flexibility index (Phi) is 12.5. The maximum Gasteiger partial charge on any atom is 0.194 e. The quantitative estimate of drug-likeness (QED) is 0.241. The van der Waals surface area contributed by atoms with E-state index < -0.39 is 0 Å². The fourth-order valence-corrected chi connectivity index (χ4v) is 3.31. The summed E-state index contributed by atoms with van der Waals surface area (Å²) in [5, 5.41) is 3.43. The topological polar surface area (TPSA) is 55.3 Å². The van der Waals surface area contributed by atoms with E-state index in [1.54, 1.807) is 14.2 Å². The van der Waals surface area contributed by atoms with Crippen molar-refractivity contribution in [3.8, 4) is 5.75 Å². The maximum absolute atomic E-state index is 5.96. The van der Waals surface area contributed by atoms with E-state index in [1.807, 2.05) is 6.07 Å². The Bertz CT molecular complexity index is 590. The Morgan fingerprint density at radius 3 is 2.57 bits per heavy atom. The summed E-state index contributed by atoms with van der Waals surface area (Å²) in [6, 6.07) is 6.26. The first-order valence-corrected chi connectivity index (χ1v) is 9.94. The van der Waals surface area contributed by atoms with Crippen molar-refractivity contribution in [2.24, 2.45) is 4.99 Å². The molecule has 28 heavy (non-hydrogen) atoms. The molecular weight excluding hydrogens is 469 g/mol. The Hall–Kier alpha value is -1.06. The van der Waals surface area contributed by atoms with E-state index in [-0.39, 0.29) is 24.0 Å². The van der Waals surface area contributed by atoms with Crippen molar-refractivity contribution in [3.05, 3.63) is 29.3 Å². The summed E-state index contributed by atoms with van der Waals surface area (Å²) in [6.45, 7) is 9.18. The number of rotatable bonds is 9. The number of methoxy groups -OCH3 is 2. The second kappa shape index (κ2) is 14.0. The van der Waals surface area contributed by atoms with Gasteiger partial charge >= 0.3 is 0 Å². The maximum atomic E-state index is 5.96. The highest BCUT2D eigenvalue weighted by Gasteiger charge is 2.21. The van der Waals surface area contributed by atoms with E-state index in [0.717, 1.165) is 63.8 Å². The molecule has 0 amide bonds. The van der Waals surface area contributed by atoms with Crippen LogP contribution >= 0.6 is 24.0 Å². The molecule has 6 nitrogen and oxygen atoms in total. The zero-order chi connectivity index (χ0) is 19.5. The Morgan fingerprint density at radius 2 is 1.93 bits per heavy atom. The Labute approximate surface area is 187 Å². The highest BCUT2D eigenvalue weighted by molar-refractivity contribution is 14.0. The zero-order valence-electron chi connectivity index (χ0n) is 17.7. The lowest BCUT2D eigenvalue weighted by Crippen LogP contribution is -2.47. The van der Waals surface area contributed by atoms with Crippen molar-refractivity contribution >= 4 is 29.9 Å². The Morgan fingerprint density at radius 1 is 1.18 bits per heavy atom. The molecule has 0 spiro atoms. The van der Waals surface area contributed by atoms with Gasteiger partial charge in [0.05, 0.1) is 19.8 Å². The fraction of sp³-hybridized carbons (Fsp3) is 0.667. The van der Waals surface area contributed by atoms with Gasteiger partial charge in [-0.05, 0) is 56.4 Å². The molecule has 0 radical (unpaired) electrons. The zero-order valence-corrected chi connectivity index (χ0v) is 20.0. The molecule has 0 unspecified atom stereocenters. The van der Waals surface area contributed by atoms with Crippen LogP contribution in [-0.4, -0.2) is 64.0 Å². The van der Waals surface area contributed by atoms with Crippen molar-refractivity contribution in [2.45, 2.75) is 45.8 Å². The van der Waals surface area contributed by atoms with Gasteiger partial charge < -0.3 is 24.4 Å². The predicted molar refractivity (Wildman–Crippen MR) is 125 cm³/mol. The van der Waals surface area contributed by atoms with E-state index in [9.17, 15) is 0 Å². The van der Waals surface area contributed by atoms with Crippen molar-refractivity contribution in [1.82, 2.24) is 10.2 Å². The fourth-order valence-electron chi connectivity index (χ4n) is 3.31. The van der Waals surface area contributed by atoms with Crippen molar-refractivity contribution in [2.75, 3.05) is 47.1 Å². The van der Waals surface area contributed by atoms with E-state index in [2.05, 4.69) is 36.2 Å². The van der Waals surface area contributed by atoms with E-state index in [0.29, 0.717) is 12.6 Å². The number of hydrogen-bond donors (Lipinski definition) is 1. The van der Waals surface area contributed by atoms with Crippen LogP contribution in [-0.2, 0) is 16.0 Å². The molecule has 0 saturated carbocycles. The largest absolute Gasteiger partial charge is 0.497 e. The van der Waals surface area contributed by atoms with Crippen molar-refractivity contribution < 1.29 is 14.2 Å². The molecule has 1 aliphatic rings. The lowest BCUT2D eigenvalue weighted by Gasteiger charge is -2.34. The molecule has 1 heterocycles. The average molecular weight is 505 g/mol. The number of guanidine groups is 1. The van der Waals surface area contributed by atoms with Crippen LogP contribution in [0.1, 0.15) is 37.3 Å². The van der Waals surface area contributed by atoms with Gasteiger partial charge in [0.15, 0.2) is 5.96 Å². The monoisotopic (exact) mass is 505 g/mol. The molecule has 1 N–H and O–H groups in total. The summed E-state index contributed by atoms with van der Waals surface area (Å²) in [5.41, 5.74) is 2.36. The standard InChI is InChI=1S/C21H35N3O3.HI/c1-5-22-21(23-16-18-13-17(2)14-20(15-18)26-4)24-9-7-19(8-10-24)27-12-6-11-25-3;/h13-15,19H,5-12,16H2,1-4H3,(H,22,23);1H. The van der Waals surface area contributed by atoms with Crippen LogP contribution in [0.15, 0.2) is 23.2 Å². The van der Waals surface area contributed by atoms with E-state index >= 15 is 0 Å². The molecule has 0 bridgehead atoms. The molecule has 160 valence electrons. The third-order valence-electron chi connectivity index (χ3n) is 4.68. The van der Waals surface area contributed by atoms with Crippen LogP contribution in [0.3, 0.4) is 0 Å². The summed E-state index contributed by atoms with van der Waals surface area (Å²) in [5.74, 6) is 1.87. The third-order valence-corrected chi connectivity index (χ3v) is 4.68. The number of halogens is 1. The number of nitrogens with one attached hydrogen (secondary N) is 1. The van der Waals surface area contributed by atoms with Crippen LogP contribution in [0, 0.1) is 6.92 Å². The summed E-state index contributed by atoms with van der Waals surface area (Å²) >= 11 is 0. The molecule has 1 aliphatic heterocycles. The lowest BCUT2D eigenvalue weighted by atomic mass is 10.1. The number of likely N-dealkylation sites (tertiary alicyclic amines) is 1. The molecule has 0 aromatic heterocycles. The van der Waals surface area contributed by atoms with Crippen molar-refractivity contribution in [3.63, 3.8) is 0 Å². The van der Waals surface area contributed by atoms with Crippen LogP contribution in [0.2, 0.25) is 0 Å². The number of aryl methyl sites for hydroxylation is 1. The van der Waals surface area contributed by atoms with Gasteiger partial charge in [-0.25, -0.2) is 4.99 Å². The van der Waals surface area contributed by atoms with Gasteiger partial charge in [0.1, 0.15) is 5.75 Å². The molecule has 7 heteroatoms. The lowest BCUT2D eigenvalue weighted by molar-refractivity contribution is 0.00990. The van der Waals surface area contributed by atoms with Gasteiger partial charge in [0, 0.05) is 40.0 Å². The molecule has 1 saturated heterocycles. The van der Waals surface area contributed by atoms with Gasteiger partial charge in [-0.1, -0.05) is 6.07 Å². The number of benzene rings is 1. The second-order valence-corrected chi connectivity index (χ2v) is 6.93. The second-order valence-electron chi connectivity index (χ2n) is 6.93. The summed E-state index contributed by atoms with van der Waals surface area (Å²) in [4.78, 5) is 7.19.